The second-order valence-corrected chi connectivity index (χ2v) is 4.44. The van der Waals surface area contributed by atoms with E-state index in [4.69, 9.17) is 11.6 Å². The summed E-state index contributed by atoms with van der Waals surface area (Å²) in [5.41, 5.74) is 1.37. The van der Waals surface area contributed by atoms with E-state index in [1.807, 2.05) is 0 Å². The number of alkyl halides is 1. The SMILES string of the molecule is CN(CCCl)Cc1cccc2ccccc12.Cl. The van der Waals surface area contributed by atoms with Crippen LogP contribution in [0.4, 0.5) is 0 Å². The molecule has 0 atom stereocenters. The Hall–Kier alpha value is -0.760. The van der Waals surface area contributed by atoms with E-state index in [1.165, 1.54) is 16.3 Å². The zero-order valence-corrected chi connectivity index (χ0v) is 11.5. The van der Waals surface area contributed by atoms with Gasteiger partial charge in [0, 0.05) is 19.0 Å². The summed E-state index contributed by atoms with van der Waals surface area (Å²) in [6.07, 6.45) is 0. The molecule has 0 saturated carbocycles. The van der Waals surface area contributed by atoms with Gasteiger partial charge in [-0.05, 0) is 23.4 Å². The van der Waals surface area contributed by atoms with Gasteiger partial charge in [-0.1, -0.05) is 42.5 Å². The molecule has 0 radical (unpaired) electrons. The third-order valence-corrected chi connectivity index (χ3v) is 2.96. The third kappa shape index (κ3) is 3.60. The molecule has 0 aliphatic rings. The average molecular weight is 270 g/mol. The first-order valence-corrected chi connectivity index (χ1v) is 6.06. The molecule has 2 aromatic rings. The average Bonchev–Trinajstić information content (AvgIpc) is 2.30. The molecule has 0 bridgehead atoms. The zero-order chi connectivity index (χ0) is 11.4. The molecule has 2 aromatic carbocycles. The van der Waals surface area contributed by atoms with E-state index in [2.05, 4.69) is 54.4 Å². The summed E-state index contributed by atoms with van der Waals surface area (Å²) in [5.74, 6) is 0.682. The van der Waals surface area contributed by atoms with Gasteiger partial charge >= 0.3 is 0 Å². The van der Waals surface area contributed by atoms with Crippen LogP contribution in [0.5, 0.6) is 0 Å². The van der Waals surface area contributed by atoms with E-state index in [-0.39, 0.29) is 12.4 Å². The van der Waals surface area contributed by atoms with Crippen molar-refractivity contribution in [3.63, 3.8) is 0 Å². The van der Waals surface area contributed by atoms with E-state index in [0.717, 1.165) is 13.1 Å². The molecular formula is C14H17Cl2N. The van der Waals surface area contributed by atoms with Crippen molar-refractivity contribution in [2.75, 3.05) is 19.5 Å². The molecule has 0 fully saturated rings. The Morgan fingerprint density at radius 2 is 1.76 bits per heavy atom. The second kappa shape index (κ2) is 6.85. The van der Waals surface area contributed by atoms with Gasteiger partial charge in [0.2, 0.25) is 0 Å². The molecular weight excluding hydrogens is 253 g/mol. The first-order chi connectivity index (χ1) is 7.81. The Morgan fingerprint density at radius 3 is 2.53 bits per heavy atom. The van der Waals surface area contributed by atoms with E-state index < -0.39 is 0 Å². The van der Waals surface area contributed by atoms with Crippen molar-refractivity contribution in [1.29, 1.82) is 0 Å². The number of hydrogen-bond acceptors (Lipinski definition) is 1. The quantitative estimate of drug-likeness (QED) is 0.761. The van der Waals surface area contributed by atoms with Crippen LogP contribution in [0.25, 0.3) is 10.8 Å². The molecule has 0 aliphatic heterocycles. The van der Waals surface area contributed by atoms with E-state index in [1.54, 1.807) is 0 Å². The molecule has 0 amide bonds. The highest BCUT2D eigenvalue weighted by Crippen LogP contribution is 2.19. The molecule has 0 spiro atoms. The van der Waals surface area contributed by atoms with Crippen molar-refractivity contribution in [2.24, 2.45) is 0 Å². The van der Waals surface area contributed by atoms with Gasteiger partial charge in [-0.3, -0.25) is 0 Å². The van der Waals surface area contributed by atoms with Gasteiger partial charge in [0.05, 0.1) is 0 Å². The summed E-state index contributed by atoms with van der Waals surface area (Å²) < 4.78 is 0. The highest BCUT2D eigenvalue weighted by atomic mass is 35.5. The minimum Gasteiger partial charge on any atom is -0.301 e. The lowest BCUT2D eigenvalue weighted by molar-refractivity contribution is 0.349. The van der Waals surface area contributed by atoms with Crippen LogP contribution in [0.3, 0.4) is 0 Å². The maximum absolute atomic E-state index is 5.74. The molecule has 0 N–H and O–H groups in total. The Bertz CT molecular complexity index is 465. The van der Waals surface area contributed by atoms with E-state index in [9.17, 15) is 0 Å². The molecule has 17 heavy (non-hydrogen) atoms. The third-order valence-electron chi connectivity index (χ3n) is 2.79. The molecule has 0 aliphatic carbocycles. The van der Waals surface area contributed by atoms with Crippen LogP contribution in [0.1, 0.15) is 5.56 Å². The van der Waals surface area contributed by atoms with Gasteiger partial charge in [0.15, 0.2) is 0 Å². The Kier molecular flexibility index (Phi) is 5.76. The maximum atomic E-state index is 5.74. The van der Waals surface area contributed by atoms with Crippen LogP contribution in [-0.2, 0) is 6.54 Å². The minimum absolute atomic E-state index is 0. The Balaban J connectivity index is 0.00000144. The summed E-state index contributed by atoms with van der Waals surface area (Å²) >= 11 is 5.74. The van der Waals surface area contributed by atoms with E-state index in [0.29, 0.717) is 5.88 Å². The molecule has 2 rings (SSSR count). The maximum Gasteiger partial charge on any atom is 0.0351 e. The summed E-state index contributed by atoms with van der Waals surface area (Å²) in [7, 11) is 2.10. The smallest absolute Gasteiger partial charge is 0.0351 e. The van der Waals surface area contributed by atoms with Crippen LogP contribution in [0, 0.1) is 0 Å². The first-order valence-electron chi connectivity index (χ1n) is 5.52. The van der Waals surface area contributed by atoms with Gasteiger partial charge in [0.1, 0.15) is 0 Å². The van der Waals surface area contributed by atoms with Gasteiger partial charge in [-0.2, -0.15) is 0 Å². The van der Waals surface area contributed by atoms with Crippen molar-refractivity contribution in [1.82, 2.24) is 4.90 Å². The van der Waals surface area contributed by atoms with Crippen molar-refractivity contribution in [3.8, 4) is 0 Å². The van der Waals surface area contributed by atoms with Gasteiger partial charge in [-0.15, -0.1) is 24.0 Å². The van der Waals surface area contributed by atoms with Crippen LogP contribution in [-0.4, -0.2) is 24.4 Å². The first kappa shape index (κ1) is 14.3. The lowest BCUT2D eigenvalue weighted by Gasteiger charge is -2.16. The van der Waals surface area contributed by atoms with Crippen LogP contribution in [0.15, 0.2) is 42.5 Å². The van der Waals surface area contributed by atoms with Crippen LogP contribution < -0.4 is 0 Å². The molecule has 1 nitrogen and oxygen atoms in total. The summed E-state index contributed by atoms with van der Waals surface area (Å²) in [4.78, 5) is 2.24. The fraction of sp³-hybridized carbons (Fsp3) is 0.286. The highest BCUT2D eigenvalue weighted by Gasteiger charge is 2.03. The molecule has 0 aromatic heterocycles. The van der Waals surface area contributed by atoms with Crippen LogP contribution >= 0.6 is 24.0 Å². The number of rotatable bonds is 4. The predicted octanol–water partition coefficient (Wildman–Crippen LogP) is 3.93. The van der Waals surface area contributed by atoms with Gasteiger partial charge in [0.25, 0.3) is 0 Å². The largest absolute Gasteiger partial charge is 0.301 e. The number of nitrogens with zero attached hydrogens (tertiary/aromatic N) is 1. The monoisotopic (exact) mass is 269 g/mol. The van der Waals surface area contributed by atoms with Crippen LogP contribution in [0.2, 0.25) is 0 Å². The number of halogens is 2. The molecule has 0 saturated heterocycles. The molecule has 3 heteroatoms. The molecule has 0 unspecified atom stereocenters. The van der Waals surface area contributed by atoms with Crippen molar-refractivity contribution in [3.05, 3.63) is 48.0 Å². The summed E-state index contributed by atoms with van der Waals surface area (Å²) in [6.45, 7) is 1.87. The predicted molar refractivity (Wildman–Crippen MR) is 78.3 cm³/mol. The lowest BCUT2D eigenvalue weighted by Crippen LogP contribution is -2.20. The fourth-order valence-electron chi connectivity index (χ4n) is 1.94. The second-order valence-electron chi connectivity index (χ2n) is 4.07. The molecule has 92 valence electrons. The van der Waals surface area contributed by atoms with Gasteiger partial charge < -0.3 is 4.90 Å². The van der Waals surface area contributed by atoms with Crippen molar-refractivity contribution >= 4 is 34.8 Å². The summed E-state index contributed by atoms with van der Waals surface area (Å²) in [5, 5.41) is 2.64. The topological polar surface area (TPSA) is 3.24 Å². The fourth-order valence-corrected chi connectivity index (χ4v) is 2.23. The summed E-state index contributed by atoms with van der Waals surface area (Å²) in [6, 6.07) is 15.0. The van der Waals surface area contributed by atoms with Gasteiger partial charge in [-0.25, -0.2) is 0 Å². The van der Waals surface area contributed by atoms with Crippen molar-refractivity contribution < 1.29 is 0 Å². The molecule has 0 heterocycles. The number of fused-ring (bicyclic) bond motifs is 1. The lowest BCUT2D eigenvalue weighted by atomic mass is 10.0. The van der Waals surface area contributed by atoms with Crippen molar-refractivity contribution in [2.45, 2.75) is 6.54 Å². The Labute approximate surface area is 114 Å². The standard InChI is InChI=1S/C14H16ClN.ClH/c1-16(10-9-15)11-13-7-4-6-12-5-2-3-8-14(12)13;/h2-8H,9-11H2,1H3;1H. The number of hydrogen-bond donors (Lipinski definition) is 0. The highest BCUT2D eigenvalue weighted by molar-refractivity contribution is 6.18. The van der Waals surface area contributed by atoms with E-state index >= 15 is 0 Å². The number of benzene rings is 2. The normalized spacial score (nSPS) is 10.5. The Morgan fingerprint density at radius 1 is 1.06 bits per heavy atom. The zero-order valence-electron chi connectivity index (χ0n) is 9.90. The minimum atomic E-state index is 0.